The van der Waals surface area contributed by atoms with Crippen LogP contribution in [0.25, 0.3) is 0 Å². The zero-order valence-electron chi connectivity index (χ0n) is 4.24. The Balaban J connectivity index is 3.25. The van der Waals surface area contributed by atoms with E-state index in [2.05, 4.69) is 59.4 Å². The molecule has 4 heteroatoms. The molecule has 0 radical (unpaired) electrons. The topological polar surface area (TPSA) is 12.9 Å². The van der Waals surface area contributed by atoms with Gasteiger partial charge in [0.1, 0.15) is 4.60 Å². The number of nitrogens with zero attached hydrogens (tertiary/aromatic N) is 1. The third-order valence-electron chi connectivity index (χ3n) is 0.800. The zero-order chi connectivity index (χ0) is 6.85. The lowest BCUT2D eigenvalue weighted by molar-refractivity contribution is 1.24. The van der Waals surface area contributed by atoms with Gasteiger partial charge in [-0.3, -0.25) is 0 Å². The van der Waals surface area contributed by atoms with E-state index in [1.54, 1.807) is 6.20 Å². The van der Waals surface area contributed by atoms with Crippen LogP contribution in [-0.4, -0.2) is 4.98 Å². The predicted octanol–water partition coefficient (Wildman–Crippen LogP) is 3.21. The summed E-state index contributed by atoms with van der Waals surface area (Å²) in [5.74, 6) is 0. The van der Waals surface area contributed by atoms with Gasteiger partial charge in [-0.25, -0.2) is 4.98 Å². The van der Waals surface area contributed by atoms with Gasteiger partial charge in [-0.05, 0) is 60.5 Å². The van der Waals surface area contributed by atoms with Crippen LogP contribution in [0.15, 0.2) is 21.3 Å². The van der Waals surface area contributed by atoms with Crippen LogP contribution in [0.3, 0.4) is 0 Å². The highest BCUT2D eigenvalue weighted by Crippen LogP contribution is 2.24. The second kappa shape index (κ2) is 3.30. The van der Waals surface area contributed by atoms with Gasteiger partial charge in [-0.1, -0.05) is 0 Å². The smallest absolute Gasteiger partial charge is 0.121 e. The highest BCUT2D eigenvalue weighted by molar-refractivity contribution is 14.1. The predicted molar refractivity (Wildman–Crippen MR) is 52.4 cm³/mol. The van der Waals surface area contributed by atoms with Gasteiger partial charge in [0.15, 0.2) is 0 Å². The van der Waals surface area contributed by atoms with Crippen LogP contribution in [0.4, 0.5) is 0 Å². The SMILES string of the molecule is Brc1nccc(I)c1Br. The Morgan fingerprint density at radius 3 is 2.56 bits per heavy atom. The standard InChI is InChI=1S/C5H2Br2IN/c6-4-3(8)1-2-9-5(4)7/h1-2H. The molecule has 0 aliphatic carbocycles. The van der Waals surface area contributed by atoms with Crippen LogP contribution in [0.2, 0.25) is 0 Å². The van der Waals surface area contributed by atoms with Crippen molar-refractivity contribution < 1.29 is 0 Å². The van der Waals surface area contributed by atoms with E-state index in [-0.39, 0.29) is 0 Å². The van der Waals surface area contributed by atoms with Gasteiger partial charge in [-0.2, -0.15) is 0 Å². The molecule has 48 valence electrons. The van der Waals surface area contributed by atoms with Crippen LogP contribution in [0, 0.1) is 3.57 Å². The van der Waals surface area contributed by atoms with Crippen molar-refractivity contribution in [3.05, 3.63) is 24.9 Å². The summed E-state index contributed by atoms with van der Waals surface area (Å²) >= 11 is 8.88. The quantitative estimate of drug-likeness (QED) is 0.510. The molecule has 0 aromatic carbocycles. The maximum absolute atomic E-state index is 4.00. The van der Waals surface area contributed by atoms with Gasteiger partial charge < -0.3 is 0 Å². The molecule has 0 spiro atoms. The Labute approximate surface area is 83.6 Å². The van der Waals surface area contributed by atoms with Crippen molar-refractivity contribution in [2.75, 3.05) is 0 Å². The van der Waals surface area contributed by atoms with E-state index in [9.17, 15) is 0 Å². The average molecular weight is 363 g/mol. The molecule has 1 aromatic rings. The van der Waals surface area contributed by atoms with E-state index >= 15 is 0 Å². The average Bonchev–Trinajstić information content (AvgIpc) is 1.83. The molecule has 0 saturated heterocycles. The second-order valence-electron chi connectivity index (χ2n) is 1.40. The lowest BCUT2D eigenvalue weighted by atomic mass is 10.5. The maximum atomic E-state index is 4.00. The van der Waals surface area contributed by atoms with Crippen molar-refractivity contribution in [2.24, 2.45) is 0 Å². The lowest BCUT2D eigenvalue weighted by Gasteiger charge is -1.94. The van der Waals surface area contributed by atoms with Gasteiger partial charge in [0, 0.05) is 9.77 Å². The first-order valence-corrected chi connectivity index (χ1v) is 4.84. The minimum atomic E-state index is 0.856. The van der Waals surface area contributed by atoms with Crippen molar-refractivity contribution in [1.29, 1.82) is 0 Å². The highest BCUT2D eigenvalue weighted by Gasteiger charge is 1.98. The molecule has 0 unspecified atom stereocenters. The first-order chi connectivity index (χ1) is 4.22. The van der Waals surface area contributed by atoms with Gasteiger partial charge >= 0.3 is 0 Å². The number of aromatic nitrogens is 1. The molecule has 0 saturated carbocycles. The molecule has 0 atom stereocenters. The van der Waals surface area contributed by atoms with E-state index in [1.165, 1.54) is 0 Å². The number of pyridine rings is 1. The van der Waals surface area contributed by atoms with Crippen LogP contribution < -0.4 is 0 Å². The monoisotopic (exact) mass is 361 g/mol. The number of halogens is 3. The van der Waals surface area contributed by atoms with Gasteiger partial charge in [0.2, 0.25) is 0 Å². The second-order valence-corrected chi connectivity index (χ2v) is 4.10. The lowest BCUT2D eigenvalue weighted by Crippen LogP contribution is -1.79. The molecule has 0 fully saturated rings. The number of hydrogen-bond acceptors (Lipinski definition) is 1. The Hall–Kier alpha value is 0.840. The highest BCUT2D eigenvalue weighted by atomic mass is 127. The largest absolute Gasteiger partial charge is 0.248 e. The zero-order valence-corrected chi connectivity index (χ0v) is 9.57. The van der Waals surface area contributed by atoms with Crippen LogP contribution in [-0.2, 0) is 0 Å². The number of rotatable bonds is 0. The van der Waals surface area contributed by atoms with Crippen LogP contribution >= 0.6 is 54.5 Å². The molecular formula is C5H2Br2IN. The Morgan fingerprint density at radius 2 is 2.11 bits per heavy atom. The normalized spacial score (nSPS) is 9.67. The Bertz CT molecular complexity index is 206. The van der Waals surface area contributed by atoms with E-state index in [4.69, 9.17) is 0 Å². The molecule has 9 heavy (non-hydrogen) atoms. The summed E-state index contributed by atoms with van der Waals surface area (Å²) < 4.78 is 3.04. The fourth-order valence-corrected chi connectivity index (χ4v) is 1.75. The van der Waals surface area contributed by atoms with Gasteiger partial charge in [-0.15, -0.1) is 0 Å². The maximum Gasteiger partial charge on any atom is 0.121 e. The molecule has 0 aliphatic rings. The number of hydrogen-bond donors (Lipinski definition) is 0. The fourth-order valence-electron chi connectivity index (χ4n) is 0.397. The summed E-state index contributed by atoms with van der Waals surface area (Å²) in [6.45, 7) is 0. The molecule has 0 amide bonds. The van der Waals surface area contributed by atoms with Crippen molar-refractivity contribution in [1.82, 2.24) is 4.98 Å². The minimum Gasteiger partial charge on any atom is -0.248 e. The van der Waals surface area contributed by atoms with Crippen LogP contribution in [0.5, 0.6) is 0 Å². The first kappa shape index (κ1) is 7.94. The first-order valence-electron chi connectivity index (χ1n) is 2.17. The van der Waals surface area contributed by atoms with Gasteiger partial charge in [0.05, 0.1) is 4.47 Å². The summed E-state index contributed by atoms with van der Waals surface area (Å²) in [4.78, 5) is 4.00. The van der Waals surface area contributed by atoms with Gasteiger partial charge in [0.25, 0.3) is 0 Å². The van der Waals surface area contributed by atoms with Crippen LogP contribution in [0.1, 0.15) is 0 Å². The third kappa shape index (κ3) is 1.88. The molecule has 1 nitrogen and oxygen atoms in total. The van der Waals surface area contributed by atoms with Crippen molar-refractivity contribution in [2.45, 2.75) is 0 Å². The Kier molecular flexibility index (Phi) is 2.91. The molecule has 0 bridgehead atoms. The van der Waals surface area contributed by atoms with E-state index in [0.717, 1.165) is 12.6 Å². The third-order valence-corrected chi connectivity index (χ3v) is 4.38. The molecule has 0 aliphatic heterocycles. The van der Waals surface area contributed by atoms with Crippen molar-refractivity contribution >= 4 is 54.5 Å². The van der Waals surface area contributed by atoms with E-state index < -0.39 is 0 Å². The molecule has 1 heterocycles. The molecule has 0 N–H and O–H groups in total. The molecule has 1 rings (SSSR count). The van der Waals surface area contributed by atoms with Crippen molar-refractivity contribution in [3.63, 3.8) is 0 Å². The summed E-state index contributed by atoms with van der Waals surface area (Å²) in [5, 5.41) is 0. The summed E-state index contributed by atoms with van der Waals surface area (Å²) in [6, 6.07) is 1.94. The van der Waals surface area contributed by atoms with E-state index in [0.29, 0.717) is 0 Å². The Morgan fingerprint density at radius 1 is 1.44 bits per heavy atom. The van der Waals surface area contributed by atoms with E-state index in [1.807, 2.05) is 6.07 Å². The van der Waals surface area contributed by atoms with Crippen molar-refractivity contribution in [3.8, 4) is 0 Å². The molecule has 1 aromatic heterocycles. The summed E-state index contributed by atoms with van der Waals surface area (Å²) in [6.07, 6.45) is 1.76. The minimum absolute atomic E-state index is 0.856. The summed E-state index contributed by atoms with van der Waals surface area (Å²) in [7, 11) is 0. The molecular weight excluding hydrogens is 361 g/mol. The fraction of sp³-hybridized carbons (Fsp3) is 0. The summed E-state index contributed by atoms with van der Waals surface area (Å²) in [5.41, 5.74) is 0.